The van der Waals surface area contributed by atoms with Gasteiger partial charge in [-0.1, -0.05) is 24.3 Å². The molecule has 4 heterocycles. The first kappa shape index (κ1) is 22.8. The number of imidazole rings is 2. The maximum atomic E-state index is 12.8. The number of rotatable bonds is 5. The van der Waals surface area contributed by atoms with Crippen LogP contribution in [-0.4, -0.2) is 67.7 Å². The lowest BCUT2D eigenvalue weighted by Crippen LogP contribution is -2.40. The summed E-state index contributed by atoms with van der Waals surface area (Å²) in [6.45, 7) is 2.88. The predicted octanol–water partition coefficient (Wildman–Crippen LogP) is 4.33. The van der Waals surface area contributed by atoms with Crippen molar-refractivity contribution in [1.82, 2.24) is 29.7 Å². The summed E-state index contributed by atoms with van der Waals surface area (Å²) in [5, 5.41) is 0. The van der Waals surface area contributed by atoms with E-state index in [1.54, 1.807) is 0 Å². The first-order valence-corrected chi connectivity index (χ1v) is 13.1. The molecule has 4 aromatic rings. The molecule has 2 aromatic carbocycles. The fourth-order valence-corrected chi connectivity index (χ4v) is 5.67. The Morgan fingerprint density at radius 3 is 1.44 bits per heavy atom. The normalized spacial score (nSPS) is 17.8. The lowest BCUT2D eigenvalue weighted by atomic mass is 9.95. The van der Waals surface area contributed by atoms with Crippen LogP contribution in [0.4, 0.5) is 0 Å². The first-order chi connectivity index (χ1) is 17.6. The van der Waals surface area contributed by atoms with Gasteiger partial charge >= 0.3 is 0 Å². The number of nitrogens with zero attached hydrogens (tertiary/aromatic N) is 4. The molecule has 2 fully saturated rings. The fraction of sp³-hybridized carbons (Fsp3) is 0.429. The van der Waals surface area contributed by atoms with Crippen molar-refractivity contribution < 1.29 is 9.59 Å². The Bertz CT molecular complexity index is 1200. The van der Waals surface area contributed by atoms with Crippen molar-refractivity contribution in [3.63, 3.8) is 0 Å². The number of likely N-dealkylation sites (tertiary alicyclic amines) is 2. The number of hydrogen-bond donors (Lipinski definition) is 2. The van der Waals surface area contributed by atoms with Crippen molar-refractivity contribution in [2.75, 3.05) is 26.2 Å². The molecule has 0 aliphatic carbocycles. The van der Waals surface area contributed by atoms with Crippen LogP contribution in [-0.2, 0) is 9.59 Å². The van der Waals surface area contributed by atoms with E-state index in [2.05, 4.69) is 9.97 Å². The van der Waals surface area contributed by atoms with Crippen LogP contribution in [0, 0.1) is 0 Å². The van der Waals surface area contributed by atoms with Crippen molar-refractivity contribution >= 4 is 33.9 Å². The number of aromatic nitrogens is 4. The molecule has 8 nitrogen and oxygen atoms in total. The zero-order valence-electron chi connectivity index (χ0n) is 20.4. The van der Waals surface area contributed by atoms with Gasteiger partial charge in [0.2, 0.25) is 11.8 Å². The second-order valence-corrected chi connectivity index (χ2v) is 10.1. The molecule has 0 radical (unpaired) electrons. The van der Waals surface area contributed by atoms with Crippen molar-refractivity contribution in [3.05, 3.63) is 60.2 Å². The number of piperidine rings is 2. The predicted molar refractivity (Wildman–Crippen MR) is 139 cm³/mol. The Morgan fingerprint density at radius 2 is 1.06 bits per heavy atom. The quantitative estimate of drug-likeness (QED) is 0.440. The Labute approximate surface area is 210 Å². The molecule has 2 N–H and O–H groups in total. The Kier molecular flexibility index (Phi) is 6.17. The number of hydrogen-bond acceptors (Lipinski definition) is 4. The number of para-hydroxylation sites is 4. The Balaban J connectivity index is 0.953. The van der Waals surface area contributed by atoms with Crippen LogP contribution in [0.25, 0.3) is 22.1 Å². The van der Waals surface area contributed by atoms with Gasteiger partial charge in [0.05, 0.1) is 22.1 Å². The molecule has 0 bridgehead atoms. The minimum absolute atomic E-state index is 0.0866. The summed E-state index contributed by atoms with van der Waals surface area (Å²) >= 11 is 0. The minimum atomic E-state index is 0.0866. The summed E-state index contributed by atoms with van der Waals surface area (Å²) in [6.07, 6.45) is 4.17. The Morgan fingerprint density at radius 1 is 0.667 bits per heavy atom. The number of benzene rings is 2. The lowest BCUT2D eigenvalue weighted by Gasteiger charge is -2.32. The highest BCUT2D eigenvalue weighted by atomic mass is 16.2. The summed E-state index contributed by atoms with van der Waals surface area (Å²) in [6, 6.07) is 16.1. The van der Waals surface area contributed by atoms with E-state index in [-0.39, 0.29) is 24.7 Å². The summed E-state index contributed by atoms with van der Waals surface area (Å²) in [7, 11) is 0. The molecule has 2 aliphatic rings. The minimum Gasteiger partial charge on any atom is -0.343 e. The van der Waals surface area contributed by atoms with Gasteiger partial charge in [-0.15, -0.1) is 0 Å². The molecule has 36 heavy (non-hydrogen) atoms. The van der Waals surface area contributed by atoms with Gasteiger partial charge in [0.15, 0.2) is 0 Å². The fourth-order valence-electron chi connectivity index (χ4n) is 5.67. The van der Waals surface area contributed by atoms with Crippen LogP contribution in [0.1, 0.15) is 62.0 Å². The van der Waals surface area contributed by atoms with E-state index in [0.29, 0.717) is 11.8 Å². The van der Waals surface area contributed by atoms with Gasteiger partial charge < -0.3 is 19.8 Å². The van der Waals surface area contributed by atoms with Crippen LogP contribution in [0.2, 0.25) is 0 Å². The number of amides is 2. The van der Waals surface area contributed by atoms with Crippen LogP contribution in [0.15, 0.2) is 48.5 Å². The average Bonchev–Trinajstić information content (AvgIpc) is 3.56. The van der Waals surface area contributed by atoms with E-state index in [9.17, 15) is 9.59 Å². The highest BCUT2D eigenvalue weighted by Crippen LogP contribution is 2.29. The van der Waals surface area contributed by atoms with Crippen LogP contribution < -0.4 is 0 Å². The first-order valence-electron chi connectivity index (χ1n) is 13.1. The zero-order valence-corrected chi connectivity index (χ0v) is 20.4. The third kappa shape index (κ3) is 4.59. The molecular formula is C28H32N6O2. The van der Waals surface area contributed by atoms with Crippen molar-refractivity contribution in [1.29, 1.82) is 0 Å². The third-order valence-electron chi connectivity index (χ3n) is 7.84. The van der Waals surface area contributed by atoms with Gasteiger partial charge in [0.25, 0.3) is 0 Å². The van der Waals surface area contributed by atoms with E-state index in [0.717, 1.165) is 85.6 Å². The second kappa shape index (κ2) is 9.76. The zero-order chi connectivity index (χ0) is 24.5. The molecule has 0 spiro atoms. The van der Waals surface area contributed by atoms with E-state index in [1.807, 2.05) is 58.3 Å². The number of carbonyl (C=O) groups excluding carboxylic acids is 2. The van der Waals surface area contributed by atoms with Crippen LogP contribution in [0.3, 0.4) is 0 Å². The number of nitrogens with one attached hydrogen (secondary N) is 2. The summed E-state index contributed by atoms with van der Waals surface area (Å²) in [4.78, 5) is 45.8. The molecular weight excluding hydrogens is 452 g/mol. The largest absolute Gasteiger partial charge is 0.343 e. The molecule has 2 amide bonds. The van der Waals surface area contributed by atoms with Gasteiger partial charge in [0.1, 0.15) is 11.6 Å². The molecule has 186 valence electrons. The van der Waals surface area contributed by atoms with E-state index < -0.39 is 0 Å². The van der Waals surface area contributed by atoms with Gasteiger partial charge in [-0.2, -0.15) is 0 Å². The monoisotopic (exact) mass is 484 g/mol. The highest BCUT2D eigenvalue weighted by molar-refractivity contribution is 5.84. The molecule has 0 atom stereocenters. The van der Waals surface area contributed by atoms with Gasteiger partial charge in [-0.05, 0) is 49.9 Å². The summed E-state index contributed by atoms with van der Waals surface area (Å²) in [5.74, 6) is 2.90. The van der Waals surface area contributed by atoms with Crippen LogP contribution in [0.5, 0.6) is 0 Å². The highest BCUT2D eigenvalue weighted by Gasteiger charge is 2.28. The van der Waals surface area contributed by atoms with Crippen molar-refractivity contribution in [3.8, 4) is 0 Å². The second-order valence-electron chi connectivity index (χ2n) is 10.1. The van der Waals surface area contributed by atoms with Gasteiger partial charge in [-0.3, -0.25) is 9.59 Å². The molecule has 0 unspecified atom stereocenters. The van der Waals surface area contributed by atoms with Crippen LogP contribution >= 0.6 is 0 Å². The maximum Gasteiger partial charge on any atom is 0.223 e. The summed E-state index contributed by atoms with van der Waals surface area (Å²) < 4.78 is 0. The summed E-state index contributed by atoms with van der Waals surface area (Å²) in [5.41, 5.74) is 4.11. The molecule has 2 saturated heterocycles. The molecule has 6 rings (SSSR count). The van der Waals surface area contributed by atoms with E-state index >= 15 is 0 Å². The van der Waals surface area contributed by atoms with Crippen molar-refractivity contribution in [2.24, 2.45) is 0 Å². The average molecular weight is 485 g/mol. The SMILES string of the molecule is O=C(CCC(=O)N1CCC(c2nc3ccccc3[nH]2)CC1)N1CCC(c2nc3ccccc3[nH]2)CC1. The standard InChI is InChI=1S/C28H32N6O2/c35-25(33-15-11-19(12-16-33)27-29-21-5-1-2-6-22(21)30-27)9-10-26(36)34-17-13-20(14-18-34)28-31-23-7-3-4-8-24(23)32-28/h1-8,19-20H,9-18H2,(H,29,30)(H,31,32). The van der Waals surface area contributed by atoms with E-state index in [1.165, 1.54) is 0 Å². The lowest BCUT2D eigenvalue weighted by molar-refractivity contribution is -0.138. The Hall–Kier alpha value is -3.68. The molecule has 2 aromatic heterocycles. The topological polar surface area (TPSA) is 98.0 Å². The number of carbonyl (C=O) groups is 2. The third-order valence-corrected chi connectivity index (χ3v) is 7.84. The van der Waals surface area contributed by atoms with E-state index in [4.69, 9.17) is 9.97 Å². The molecule has 8 heteroatoms. The van der Waals surface area contributed by atoms with Gasteiger partial charge in [-0.25, -0.2) is 9.97 Å². The number of H-pyrrole nitrogens is 2. The smallest absolute Gasteiger partial charge is 0.223 e. The molecule has 2 aliphatic heterocycles. The van der Waals surface area contributed by atoms with Gasteiger partial charge in [0, 0.05) is 50.9 Å². The maximum absolute atomic E-state index is 12.8. The van der Waals surface area contributed by atoms with Crippen molar-refractivity contribution in [2.45, 2.75) is 50.4 Å². The number of fused-ring (bicyclic) bond motifs is 2. The molecule has 0 saturated carbocycles. The number of aromatic amines is 2.